The minimum absolute atomic E-state index is 0.0764. The number of carboxylic acids is 1. The van der Waals surface area contributed by atoms with Crippen LogP contribution in [0.15, 0.2) is 65.8 Å². The number of halogens is 1. The summed E-state index contributed by atoms with van der Waals surface area (Å²) in [7, 11) is -2.41. The molecule has 2 heterocycles. The van der Waals surface area contributed by atoms with Crippen LogP contribution in [0.2, 0.25) is 5.02 Å². The number of sulfonamides is 1. The number of aliphatic carboxylic acids is 1. The fourth-order valence-corrected chi connectivity index (χ4v) is 7.14. The van der Waals surface area contributed by atoms with Crippen molar-refractivity contribution < 1.29 is 23.1 Å². The summed E-state index contributed by atoms with van der Waals surface area (Å²) in [5.41, 5.74) is 4.22. The van der Waals surface area contributed by atoms with Crippen molar-refractivity contribution in [2.24, 2.45) is 0 Å². The second-order valence-corrected chi connectivity index (χ2v) is 12.2. The zero-order valence-electron chi connectivity index (χ0n) is 22.7. The van der Waals surface area contributed by atoms with Crippen molar-refractivity contribution >= 4 is 33.5 Å². The van der Waals surface area contributed by atoms with Crippen LogP contribution in [-0.4, -0.2) is 84.3 Å². The van der Waals surface area contributed by atoms with Gasteiger partial charge in [0, 0.05) is 37.1 Å². The van der Waals surface area contributed by atoms with Crippen LogP contribution in [0, 0.1) is 6.92 Å². The molecule has 2 aromatic carbocycles. The third kappa shape index (κ3) is 6.36. The summed E-state index contributed by atoms with van der Waals surface area (Å²) in [6.07, 6.45) is 4.35. The minimum atomic E-state index is -3.98. The largest absolute Gasteiger partial charge is 0.480 e. The highest BCUT2D eigenvalue weighted by Gasteiger charge is 2.39. The van der Waals surface area contributed by atoms with E-state index in [4.69, 9.17) is 16.7 Å². The highest BCUT2D eigenvalue weighted by atomic mass is 35.5. The quantitative estimate of drug-likeness (QED) is 0.406. The summed E-state index contributed by atoms with van der Waals surface area (Å²) in [4.78, 5) is 31.6. The third-order valence-corrected chi connectivity index (χ3v) is 9.63. The van der Waals surface area contributed by atoms with E-state index in [0.29, 0.717) is 10.6 Å². The van der Waals surface area contributed by atoms with Gasteiger partial charge in [0.2, 0.25) is 15.9 Å². The second kappa shape index (κ2) is 12.5. The second-order valence-electron chi connectivity index (χ2n) is 9.91. The Morgan fingerprint density at radius 3 is 2.60 bits per heavy atom. The summed E-state index contributed by atoms with van der Waals surface area (Å²) in [6.45, 7) is 3.75. The molecule has 0 bridgehead atoms. The Bertz CT molecular complexity index is 1510. The molecule has 1 saturated heterocycles. The number of pyridine rings is 1. The molecule has 0 aliphatic carbocycles. The van der Waals surface area contributed by atoms with Crippen LogP contribution in [-0.2, 0) is 26.0 Å². The number of nitrogens with zero attached hydrogens (tertiary/aromatic N) is 4. The molecule has 1 unspecified atom stereocenters. The average Bonchev–Trinajstić information content (AvgIpc) is 2.93. The van der Waals surface area contributed by atoms with Crippen LogP contribution in [0.4, 0.5) is 0 Å². The van der Waals surface area contributed by atoms with Gasteiger partial charge in [0.05, 0.1) is 24.0 Å². The molecule has 3 aromatic rings. The molecule has 212 valence electrons. The number of rotatable bonds is 9. The standard InChI is InChI=1S/C29H33ClN4O5S/c1-4-21-16-31-12-11-24(21)22-7-5-8-23(15-22)26-17-33(28(35)18-32(3)19-29(36)37)13-14-34(26)40(38,39)27-10-6-9-25(30)20(27)2/h5-12,15-16,26H,4,13-14,17-19H2,1-3H3,(H,36,37). The van der Waals surface area contributed by atoms with E-state index in [2.05, 4.69) is 11.9 Å². The summed E-state index contributed by atoms with van der Waals surface area (Å²) >= 11 is 6.29. The fourth-order valence-electron chi connectivity index (χ4n) is 5.07. The first kappa shape index (κ1) is 29.7. The number of carboxylic acid groups (broad SMARTS) is 1. The Labute approximate surface area is 240 Å². The summed E-state index contributed by atoms with van der Waals surface area (Å²) < 4.78 is 29.6. The molecule has 0 radical (unpaired) electrons. The molecule has 1 aromatic heterocycles. The number of hydrogen-bond donors (Lipinski definition) is 1. The van der Waals surface area contributed by atoms with Crippen LogP contribution < -0.4 is 0 Å². The smallest absolute Gasteiger partial charge is 0.317 e. The number of likely N-dealkylation sites (N-methyl/N-ethyl adjacent to an activating group) is 1. The van der Waals surface area contributed by atoms with Crippen molar-refractivity contribution in [3.63, 3.8) is 0 Å². The Hall–Kier alpha value is -3.31. The van der Waals surface area contributed by atoms with Crippen molar-refractivity contribution in [2.75, 3.05) is 39.8 Å². The van der Waals surface area contributed by atoms with Gasteiger partial charge in [-0.3, -0.25) is 19.5 Å². The van der Waals surface area contributed by atoms with Crippen molar-refractivity contribution in [3.8, 4) is 11.1 Å². The van der Waals surface area contributed by atoms with Crippen molar-refractivity contribution in [1.82, 2.24) is 19.1 Å². The Morgan fingerprint density at radius 2 is 1.88 bits per heavy atom. The van der Waals surface area contributed by atoms with Gasteiger partial charge in [-0.05, 0) is 72.5 Å². The highest BCUT2D eigenvalue weighted by molar-refractivity contribution is 7.89. The van der Waals surface area contributed by atoms with Crippen LogP contribution in [0.3, 0.4) is 0 Å². The summed E-state index contributed by atoms with van der Waals surface area (Å²) in [5.74, 6) is -1.29. The lowest BCUT2D eigenvalue weighted by molar-refractivity contribution is -0.139. The van der Waals surface area contributed by atoms with Crippen molar-refractivity contribution in [2.45, 2.75) is 31.2 Å². The van der Waals surface area contributed by atoms with E-state index in [0.717, 1.165) is 28.7 Å². The van der Waals surface area contributed by atoms with Gasteiger partial charge in [-0.25, -0.2) is 8.42 Å². The predicted octanol–water partition coefficient (Wildman–Crippen LogP) is 3.86. The topological polar surface area (TPSA) is 111 Å². The molecule has 1 aliphatic rings. The van der Waals surface area contributed by atoms with Gasteiger partial charge in [-0.2, -0.15) is 4.31 Å². The van der Waals surface area contributed by atoms with Gasteiger partial charge in [-0.15, -0.1) is 0 Å². The van der Waals surface area contributed by atoms with Crippen LogP contribution >= 0.6 is 11.6 Å². The van der Waals surface area contributed by atoms with Crippen molar-refractivity contribution in [1.29, 1.82) is 0 Å². The zero-order valence-corrected chi connectivity index (χ0v) is 24.3. The molecule has 1 atom stereocenters. The molecule has 9 nitrogen and oxygen atoms in total. The minimum Gasteiger partial charge on any atom is -0.480 e. The lowest BCUT2D eigenvalue weighted by Gasteiger charge is -2.41. The molecular formula is C29H33ClN4O5S. The third-order valence-electron chi connectivity index (χ3n) is 7.17. The summed E-state index contributed by atoms with van der Waals surface area (Å²) in [5, 5.41) is 9.44. The molecule has 1 fully saturated rings. The SMILES string of the molecule is CCc1cnccc1-c1cccc(C2CN(C(=O)CN(C)CC(=O)O)CCN2S(=O)(=O)c2cccc(Cl)c2C)c1. The first-order valence-electron chi connectivity index (χ1n) is 13.0. The number of carbonyl (C=O) groups is 2. The van der Waals surface area contributed by atoms with Crippen LogP contribution in [0.5, 0.6) is 0 Å². The highest BCUT2D eigenvalue weighted by Crippen LogP contribution is 2.35. The normalized spacial score (nSPS) is 16.3. The van der Waals surface area contributed by atoms with E-state index in [1.54, 1.807) is 43.3 Å². The molecule has 4 rings (SSSR count). The zero-order chi connectivity index (χ0) is 29.0. The van der Waals surface area contributed by atoms with E-state index >= 15 is 0 Å². The van der Waals surface area contributed by atoms with Gasteiger partial charge < -0.3 is 10.0 Å². The number of aromatic nitrogens is 1. The Balaban J connectivity index is 1.74. The Morgan fingerprint density at radius 1 is 1.12 bits per heavy atom. The van der Waals surface area contributed by atoms with Gasteiger partial charge >= 0.3 is 5.97 Å². The first-order chi connectivity index (χ1) is 19.0. The molecule has 1 N–H and O–H groups in total. The van der Waals surface area contributed by atoms with Gasteiger partial charge in [-0.1, -0.05) is 42.8 Å². The maximum Gasteiger partial charge on any atom is 0.317 e. The number of hydrogen-bond acceptors (Lipinski definition) is 6. The molecule has 40 heavy (non-hydrogen) atoms. The Kier molecular flexibility index (Phi) is 9.25. The number of amides is 1. The number of benzene rings is 2. The summed E-state index contributed by atoms with van der Waals surface area (Å²) in [6, 6.07) is 13.8. The molecule has 1 amide bonds. The lowest BCUT2D eigenvalue weighted by atomic mass is 9.95. The van der Waals surface area contributed by atoms with Gasteiger partial charge in [0.1, 0.15) is 0 Å². The van der Waals surface area contributed by atoms with Crippen LogP contribution in [0.1, 0.15) is 29.7 Å². The van der Waals surface area contributed by atoms with Gasteiger partial charge in [0.15, 0.2) is 0 Å². The molecule has 11 heteroatoms. The van der Waals surface area contributed by atoms with E-state index in [1.165, 1.54) is 9.21 Å². The van der Waals surface area contributed by atoms with E-state index in [-0.39, 0.29) is 43.5 Å². The maximum absolute atomic E-state index is 14.1. The maximum atomic E-state index is 14.1. The monoisotopic (exact) mass is 584 g/mol. The molecule has 1 aliphatic heterocycles. The van der Waals surface area contributed by atoms with Crippen LogP contribution in [0.25, 0.3) is 11.1 Å². The molecule has 0 spiro atoms. The average molecular weight is 585 g/mol. The van der Waals surface area contributed by atoms with E-state index in [9.17, 15) is 18.0 Å². The molecular weight excluding hydrogens is 552 g/mol. The van der Waals surface area contributed by atoms with E-state index < -0.39 is 22.0 Å². The van der Waals surface area contributed by atoms with Crippen molar-refractivity contribution in [3.05, 3.63) is 82.6 Å². The first-order valence-corrected chi connectivity index (χ1v) is 14.8. The predicted molar refractivity (Wildman–Crippen MR) is 154 cm³/mol. The number of aryl methyl sites for hydroxylation is 1. The number of carbonyl (C=O) groups excluding carboxylic acids is 1. The van der Waals surface area contributed by atoms with Gasteiger partial charge in [0.25, 0.3) is 0 Å². The lowest BCUT2D eigenvalue weighted by Crippen LogP contribution is -2.54. The fraction of sp³-hybridized carbons (Fsp3) is 0.345. The molecule has 0 saturated carbocycles. The number of piperazine rings is 1. The van der Waals surface area contributed by atoms with E-state index in [1.807, 2.05) is 36.5 Å².